The Labute approximate surface area is 176 Å². The van der Waals surface area contributed by atoms with Crippen molar-refractivity contribution >= 4 is 28.8 Å². The predicted octanol–water partition coefficient (Wildman–Crippen LogP) is 3.47. The molecule has 2 atom stereocenters. The molecule has 9 heteroatoms. The highest BCUT2D eigenvalue weighted by Gasteiger charge is 2.40. The largest absolute Gasteiger partial charge is 0.416 e. The molecule has 3 rings (SSSR count). The van der Waals surface area contributed by atoms with Crippen LogP contribution in [0.5, 0.6) is 0 Å². The lowest BCUT2D eigenvalue weighted by molar-refractivity contribution is -0.150. The van der Waals surface area contributed by atoms with Gasteiger partial charge in [-0.05, 0) is 42.8 Å². The molecule has 1 aliphatic rings. The summed E-state index contributed by atoms with van der Waals surface area (Å²) >= 11 is 0. The fraction of sp³-hybridized carbons (Fsp3) is 0.273. The van der Waals surface area contributed by atoms with Crippen LogP contribution in [0.25, 0.3) is 5.57 Å². The van der Waals surface area contributed by atoms with E-state index in [9.17, 15) is 27.9 Å². The fourth-order valence-corrected chi connectivity index (χ4v) is 3.13. The second-order valence-corrected chi connectivity index (χ2v) is 7.12. The summed E-state index contributed by atoms with van der Waals surface area (Å²) in [5.74, 6) is -1.67. The number of aliphatic hydroxyl groups is 1. The number of alkyl halides is 3. The molecule has 31 heavy (non-hydrogen) atoms. The zero-order chi connectivity index (χ0) is 22.8. The first kappa shape index (κ1) is 22.5. The van der Waals surface area contributed by atoms with Crippen molar-refractivity contribution in [2.45, 2.75) is 25.3 Å². The van der Waals surface area contributed by atoms with Crippen molar-refractivity contribution in [2.75, 3.05) is 23.4 Å². The molecule has 0 saturated carbocycles. The molecule has 0 spiro atoms. The molecule has 0 aliphatic carbocycles. The molecule has 0 bridgehead atoms. The number of nitrogens with zero attached hydrogens (tertiary/aromatic N) is 1. The third-order valence-corrected chi connectivity index (χ3v) is 4.81. The van der Waals surface area contributed by atoms with E-state index in [1.165, 1.54) is 12.1 Å². The maximum absolute atomic E-state index is 13.0. The molecule has 2 N–H and O–H groups in total. The average molecular weight is 434 g/mol. The number of halogens is 3. The highest BCUT2D eigenvalue weighted by Crippen LogP contribution is 2.32. The summed E-state index contributed by atoms with van der Waals surface area (Å²) < 4.78 is 44.3. The van der Waals surface area contributed by atoms with Crippen molar-refractivity contribution in [3.05, 3.63) is 66.2 Å². The summed E-state index contributed by atoms with van der Waals surface area (Å²) in [6.45, 7) is 5.59. The van der Waals surface area contributed by atoms with Gasteiger partial charge in [0.05, 0.1) is 12.2 Å². The molecule has 6 nitrogen and oxygen atoms in total. The zero-order valence-corrected chi connectivity index (χ0v) is 16.6. The van der Waals surface area contributed by atoms with Crippen molar-refractivity contribution in [3.8, 4) is 0 Å². The van der Waals surface area contributed by atoms with Gasteiger partial charge in [-0.2, -0.15) is 13.2 Å². The summed E-state index contributed by atoms with van der Waals surface area (Å²) in [6, 6.07) is 11.0. The smallest absolute Gasteiger partial charge is 0.380 e. The standard InChI is InChI=1S/C22H21F3N2O4/c1-13(2)14-6-8-16(9-7-14)26-20(29)18(28)19-21(30)27(10-11-31-19)17-5-3-4-15(12-17)22(23,24)25/h3-9,12,18-19,28H,1,10-11H2,2H3,(H,26,29). The van der Waals surface area contributed by atoms with Crippen LogP contribution < -0.4 is 10.2 Å². The number of carbonyl (C=O) groups is 2. The van der Waals surface area contributed by atoms with Gasteiger partial charge in [-0.3, -0.25) is 9.59 Å². The van der Waals surface area contributed by atoms with Gasteiger partial charge in [-0.1, -0.05) is 30.4 Å². The van der Waals surface area contributed by atoms with Crippen LogP contribution in [-0.4, -0.2) is 42.3 Å². The Bertz CT molecular complexity index is 989. The summed E-state index contributed by atoms with van der Waals surface area (Å²) in [7, 11) is 0. The quantitative estimate of drug-likeness (QED) is 0.756. The monoisotopic (exact) mass is 434 g/mol. The van der Waals surface area contributed by atoms with Crippen molar-refractivity contribution in [2.24, 2.45) is 0 Å². The van der Waals surface area contributed by atoms with Crippen LogP contribution in [0.2, 0.25) is 0 Å². The lowest BCUT2D eigenvalue weighted by Crippen LogP contribution is -2.55. The van der Waals surface area contributed by atoms with Gasteiger partial charge in [0.15, 0.2) is 12.2 Å². The normalized spacial score (nSPS) is 17.9. The molecule has 1 fully saturated rings. The molecule has 2 aromatic carbocycles. The number of ether oxygens (including phenoxy) is 1. The van der Waals surface area contributed by atoms with E-state index in [-0.39, 0.29) is 18.8 Å². The Kier molecular flexibility index (Phi) is 6.47. The number of morpholine rings is 1. The molecule has 1 heterocycles. The second kappa shape index (κ2) is 8.91. The molecule has 0 aromatic heterocycles. The first-order valence-electron chi connectivity index (χ1n) is 9.43. The minimum atomic E-state index is -4.57. The Hall–Kier alpha value is -3.17. The zero-order valence-electron chi connectivity index (χ0n) is 16.6. The SMILES string of the molecule is C=C(C)c1ccc(NC(=O)C(O)C2OCCN(c3cccc(C(F)(F)F)c3)C2=O)cc1. The topological polar surface area (TPSA) is 78.9 Å². The number of hydrogen-bond donors (Lipinski definition) is 2. The maximum atomic E-state index is 13.0. The highest BCUT2D eigenvalue weighted by molar-refractivity contribution is 6.03. The van der Waals surface area contributed by atoms with Gasteiger partial charge < -0.3 is 20.1 Å². The predicted molar refractivity (Wildman–Crippen MR) is 109 cm³/mol. The van der Waals surface area contributed by atoms with Gasteiger partial charge >= 0.3 is 6.18 Å². The number of benzene rings is 2. The van der Waals surface area contributed by atoms with Gasteiger partial charge in [-0.15, -0.1) is 0 Å². The van der Waals surface area contributed by atoms with Gasteiger partial charge in [0.1, 0.15) is 0 Å². The Balaban J connectivity index is 1.73. The number of anilines is 2. The summed E-state index contributed by atoms with van der Waals surface area (Å²) in [5, 5.41) is 12.9. The number of carbonyl (C=O) groups excluding carboxylic acids is 2. The van der Waals surface area contributed by atoms with Crippen LogP contribution in [0.15, 0.2) is 55.1 Å². The van der Waals surface area contributed by atoms with E-state index in [1.807, 2.05) is 6.92 Å². The lowest BCUT2D eigenvalue weighted by Gasteiger charge is -2.34. The summed E-state index contributed by atoms with van der Waals surface area (Å²) in [4.78, 5) is 26.3. The van der Waals surface area contributed by atoms with Gasteiger partial charge in [0.25, 0.3) is 11.8 Å². The number of aliphatic hydroxyl groups excluding tert-OH is 1. The molecular formula is C22H21F3N2O4. The third-order valence-electron chi connectivity index (χ3n) is 4.81. The van der Waals surface area contributed by atoms with E-state index in [4.69, 9.17) is 4.74 Å². The minimum absolute atomic E-state index is 0.00660. The lowest BCUT2D eigenvalue weighted by atomic mass is 10.1. The van der Waals surface area contributed by atoms with Crippen LogP contribution in [0.3, 0.4) is 0 Å². The molecular weight excluding hydrogens is 413 g/mol. The number of hydrogen-bond acceptors (Lipinski definition) is 4. The van der Waals surface area contributed by atoms with Gasteiger partial charge in [0.2, 0.25) is 0 Å². The maximum Gasteiger partial charge on any atom is 0.416 e. The van der Waals surface area contributed by atoms with Crippen LogP contribution in [-0.2, 0) is 20.5 Å². The van der Waals surface area contributed by atoms with E-state index < -0.39 is 35.8 Å². The van der Waals surface area contributed by atoms with E-state index in [1.54, 1.807) is 24.3 Å². The van der Waals surface area contributed by atoms with Crippen molar-refractivity contribution in [3.63, 3.8) is 0 Å². The molecule has 1 aliphatic heterocycles. The molecule has 2 aromatic rings. The third kappa shape index (κ3) is 5.12. The molecule has 0 radical (unpaired) electrons. The first-order chi connectivity index (χ1) is 14.6. The minimum Gasteiger partial charge on any atom is -0.380 e. The van der Waals surface area contributed by atoms with E-state index in [0.717, 1.165) is 28.2 Å². The number of rotatable bonds is 5. The molecule has 164 valence electrons. The Morgan fingerprint density at radius 3 is 2.55 bits per heavy atom. The Morgan fingerprint density at radius 2 is 1.94 bits per heavy atom. The van der Waals surface area contributed by atoms with Gasteiger partial charge in [-0.25, -0.2) is 0 Å². The van der Waals surface area contributed by atoms with Crippen molar-refractivity contribution in [1.29, 1.82) is 0 Å². The summed E-state index contributed by atoms with van der Waals surface area (Å²) in [5.41, 5.74) is 1.22. The number of amides is 2. The van der Waals surface area contributed by atoms with Crippen LogP contribution in [0.1, 0.15) is 18.1 Å². The van der Waals surface area contributed by atoms with Crippen LogP contribution >= 0.6 is 0 Å². The second-order valence-electron chi connectivity index (χ2n) is 7.12. The van der Waals surface area contributed by atoms with Crippen LogP contribution in [0, 0.1) is 0 Å². The number of allylic oxidation sites excluding steroid dienone is 1. The van der Waals surface area contributed by atoms with Crippen molar-refractivity contribution < 1.29 is 32.6 Å². The summed E-state index contributed by atoms with van der Waals surface area (Å²) in [6.07, 6.45) is -7.95. The number of nitrogens with one attached hydrogen (secondary N) is 1. The molecule has 2 amide bonds. The Morgan fingerprint density at radius 1 is 1.26 bits per heavy atom. The highest BCUT2D eigenvalue weighted by atomic mass is 19.4. The average Bonchev–Trinajstić information content (AvgIpc) is 2.73. The van der Waals surface area contributed by atoms with Crippen LogP contribution in [0.4, 0.5) is 24.5 Å². The van der Waals surface area contributed by atoms with E-state index >= 15 is 0 Å². The first-order valence-corrected chi connectivity index (χ1v) is 9.43. The van der Waals surface area contributed by atoms with E-state index in [2.05, 4.69) is 11.9 Å². The fourth-order valence-electron chi connectivity index (χ4n) is 3.13. The van der Waals surface area contributed by atoms with Crippen molar-refractivity contribution in [1.82, 2.24) is 0 Å². The van der Waals surface area contributed by atoms with Gasteiger partial charge in [0, 0.05) is 17.9 Å². The molecule has 1 saturated heterocycles. The van der Waals surface area contributed by atoms with E-state index in [0.29, 0.717) is 5.69 Å². The molecule has 2 unspecified atom stereocenters.